The molecule has 3 unspecified atom stereocenters. The van der Waals surface area contributed by atoms with E-state index in [1.807, 2.05) is 54.6 Å². The second-order valence-corrected chi connectivity index (χ2v) is 10.4. The maximum Gasteiger partial charge on any atom is 0.224 e. The maximum atomic E-state index is 13.0. The molecule has 1 amide bonds. The third kappa shape index (κ3) is 4.23. The van der Waals surface area contributed by atoms with Crippen LogP contribution in [-0.2, 0) is 17.8 Å². The van der Waals surface area contributed by atoms with E-state index in [1.165, 1.54) is 6.42 Å². The van der Waals surface area contributed by atoms with E-state index in [1.54, 1.807) is 0 Å². The molecule has 4 fully saturated rings. The monoisotopic (exact) mass is 419 g/mol. The Morgan fingerprint density at radius 3 is 2.45 bits per heavy atom. The van der Waals surface area contributed by atoms with E-state index in [0.29, 0.717) is 24.9 Å². The second-order valence-electron chi connectivity index (χ2n) is 10.4. The number of hydrogen-bond acceptors (Lipinski definition) is 3. The molecule has 0 aliphatic heterocycles. The van der Waals surface area contributed by atoms with Crippen LogP contribution in [0, 0.1) is 17.3 Å². The molecule has 2 N–H and O–H groups in total. The third-order valence-electron chi connectivity index (χ3n) is 7.93. The van der Waals surface area contributed by atoms with Crippen LogP contribution in [0.15, 0.2) is 54.6 Å². The standard InChI is InChI=1S/C27H33NO3/c1-19(26-13-21-11-22(14-26)16-27(30,15-21)18-26)28-25(29)12-23-9-5-6-10-24(23)31-17-20-7-3-2-4-8-20/h2-10,19,21-22,30H,11-18H2,1H3,(H,28,29). The van der Waals surface area contributed by atoms with Crippen molar-refractivity contribution in [3.63, 3.8) is 0 Å². The molecular formula is C27H33NO3. The summed E-state index contributed by atoms with van der Waals surface area (Å²) in [5, 5.41) is 14.3. The number of ether oxygens (including phenoxy) is 1. The molecule has 2 aromatic carbocycles. The Labute approximate surface area is 185 Å². The summed E-state index contributed by atoms with van der Waals surface area (Å²) in [7, 11) is 0. The minimum absolute atomic E-state index is 0.0333. The van der Waals surface area contributed by atoms with Crippen LogP contribution in [0.3, 0.4) is 0 Å². The van der Waals surface area contributed by atoms with Crippen LogP contribution in [0.2, 0.25) is 0 Å². The molecular weight excluding hydrogens is 386 g/mol. The van der Waals surface area contributed by atoms with Crippen molar-refractivity contribution < 1.29 is 14.6 Å². The molecule has 6 rings (SSSR count). The molecule has 4 aliphatic carbocycles. The highest BCUT2D eigenvalue weighted by atomic mass is 16.5. The Balaban J connectivity index is 1.23. The molecule has 0 radical (unpaired) electrons. The normalized spacial score (nSPS) is 31.9. The lowest BCUT2D eigenvalue weighted by molar-refractivity contribution is -0.173. The number of para-hydroxylation sites is 1. The number of aliphatic hydroxyl groups is 1. The van der Waals surface area contributed by atoms with Gasteiger partial charge in [-0.3, -0.25) is 4.79 Å². The number of rotatable bonds is 7. The number of hydrogen-bond donors (Lipinski definition) is 2. The predicted octanol–water partition coefficient (Wildman–Crippen LogP) is 4.64. The Bertz CT molecular complexity index is 927. The van der Waals surface area contributed by atoms with Crippen LogP contribution in [0.1, 0.15) is 56.6 Å². The molecule has 2 aromatic rings. The first-order valence-electron chi connectivity index (χ1n) is 11.7. The van der Waals surface area contributed by atoms with Crippen LogP contribution in [-0.4, -0.2) is 22.7 Å². The Hall–Kier alpha value is -2.33. The van der Waals surface area contributed by atoms with E-state index in [-0.39, 0.29) is 17.4 Å². The van der Waals surface area contributed by atoms with Crippen molar-refractivity contribution in [1.82, 2.24) is 5.32 Å². The van der Waals surface area contributed by atoms with Crippen molar-refractivity contribution in [2.75, 3.05) is 0 Å². The lowest BCUT2D eigenvalue weighted by atomic mass is 9.46. The zero-order chi connectivity index (χ0) is 21.5. The highest BCUT2D eigenvalue weighted by Gasteiger charge is 2.58. The molecule has 0 aromatic heterocycles. The zero-order valence-electron chi connectivity index (χ0n) is 18.3. The van der Waals surface area contributed by atoms with Gasteiger partial charge in [0, 0.05) is 11.6 Å². The summed E-state index contributed by atoms with van der Waals surface area (Å²) in [5.41, 5.74) is 1.57. The van der Waals surface area contributed by atoms with Crippen LogP contribution < -0.4 is 10.1 Å². The number of amides is 1. The highest BCUT2D eigenvalue weighted by molar-refractivity contribution is 5.79. The number of nitrogens with one attached hydrogen (secondary N) is 1. The molecule has 4 heteroatoms. The van der Waals surface area contributed by atoms with Crippen molar-refractivity contribution >= 4 is 5.91 Å². The molecule has 164 valence electrons. The minimum atomic E-state index is -0.499. The second kappa shape index (κ2) is 7.98. The molecule has 0 heterocycles. The van der Waals surface area contributed by atoms with Gasteiger partial charge in [0.15, 0.2) is 0 Å². The fourth-order valence-corrected chi connectivity index (χ4v) is 6.94. The first-order chi connectivity index (χ1) is 14.9. The molecule has 4 nitrogen and oxygen atoms in total. The van der Waals surface area contributed by atoms with Gasteiger partial charge in [0.05, 0.1) is 12.0 Å². The zero-order valence-corrected chi connectivity index (χ0v) is 18.3. The Morgan fingerprint density at radius 2 is 1.74 bits per heavy atom. The van der Waals surface area contributed by atoms with Crippen molar-refractivity contribution in [1.29, 1.82) is 0 Å². The van der Waals surface area contributed by atoms with E-state index in [9.17, 15) is 9.90 Å². The third-order valence-corrected chi connectivity index (χ3v) is 7.93. The first-order valence-corrected chi connectivity index (χ1v) is 11.7. The van der Waals surface area contributed by atoms with Gasteiger partial charge in [-0.25, -0.2) is 0 Å². The van der Waals surface area contributed by atoms with E-state index in [2.05, 4.69) is 12.2 Å². The summed E-state index contributed by atoms with van der Waals surface area (Å²) in [6.45, 7) is 2.63. The van der Waals surface area contributed by atoms with Gasteiger partial charge in [-0.1, -0.05) is 48.5 Å². The van der Waals surface area contributed by atoms with Gasteiger partial charge < -0.3 is 15.2 Å². The van der Waals surface area contributed by atoms with Gasteiger partial charge >= 0.3 is 0 Å². The van der Waals surface area contributed by atoms with Crippen LogP contribution in [0.5, 0.6) is 5.75 Å². The van der Waals surface area contributed by atoms with Gasteiger partial charge in [0.2, 0.25) is 5.91 Å². The van der Waals surface area contributed by atoms with E-state index in [4.69, 9.17) is 4.74 Å². The number of benzene rings is 2. The van der Waals surface area contributed by atoms with Crippen LogP contribution in [0.4, 0.5) is 0 Å². The van der Waals surface area contributed by atoms with Crippen molar-refractivity contribution in [3.05, 3.63) is 65.7 Å². The summed E-state index contributed by atoms with van der Waals surface area (Å²) in [6.07, 6.45) is 6.61. The lowest BCUT2D eigenvalue weighted by Crippen LogP contribution is -2.61. The Morgan fingerprint density at radius 1 is 1.06 bits per heavy atom. The van der Waals surface area contributed by atoms with E-state index >= 15 is 0 Å². The molecule has 4 saturated carbocycles. The smallest absolute Gasteiger partial charge is 0.224 e. The average Bonchev–Trinajstić information content (AvgIpc) is 2.72. The summed E-state index contributed by atoms with van der Waals surface area (Å²) < 4.78 is 6.03. The van der Waals surface area contributed by atoms with Crippen LogP contribution in [0.25, 0.3) is 0 Å². The molecule has 0 saturated heterocycles. The predicted molar refractivity (Wildman–Crippen MR) is 121 cm³/mol. The summed E-state index contributed by atoms with van der Waals surface area (Å²) in [4.78, 5) is 13.0. The SMILES string of the molecule is CC(NC(=O)Cc1ccccc1OCc1ccccc1)C12CC3CC(CC(O)(C3)C1)C2. The maximum absolute atomic E-state index is 13.0. The summed E-state index contributed by atoms with van der Waals surface area (Å²) in [5.74, 6) is 2.04. The molecule has 31 heavy (non-hydrogen) atoms. The van der Waals surface area contributed by atoms with E-state index < -0.39 is 5.60 Å². The summed E-state index contributed by atoms with van der Waals surface area (Å²) in [6, 6.07) is 18.0. The van der Waals surface area contributed by atoms with Crippen molar-refractivity contribution in [2.45, 2.75) is 70.1 Å². The first kappa shape index (κ1) is 20.6. The minimum Gasteiger partial charge on any atom is -0.489 e. The fraction of sp³-hybridized carbons (Fsp3) is 0.519. The fourth-order valence-electron chi connectivity index (χ4n) is 6.94. The van der Waals surface area contributed by atoms with Crippen molar-refractivity contribution in [3.8, 4) is 5.75 Å². The van der Waals surface area contributed by atoms with Gasteiger partial charge in [-0.15, -0.1) is 0 Å². The van der Waals surface area contributed by atoms with E-state index in [0.717, 1.165) is 49.0 Å². The molecule has 3 atom stereocenters. The van der Waals surface area contributed by atoms with Gasteiger partial charge in [0.25, 0.3) is 0 Å². The largest absolute Gasteiger partial charge is 0.489 e. The summed E-state index contributed by atoms with van der Waals surface area (Å²) >= 11 is 0. The Kier molecular flexibility index (Phi) is 5.29. The van der Waals surface area contributed by atoms with Crippen LogP contribution >= 0.6 is 0 Å². The molecule has 4 bridgehead atoms. The van der Waals surface area contributed by atoms with Gasteiger partial charge in [-0.05, 0) is 74.3 Å². The topological polar surface area (TPSA) is 58.6 Å². The molecule has 0 spiro atoms. The quantitative estimate of drug-likeness (QED) is 0.687. The number of carbonyl (C=O) groups is 1. The van der Waals surface area contributed by atoms with Crippen molar-refractivity contribution in [2.24, 2.45) is 17.3 Å². The lowest BCUT2D eigenvalue weighted by Gasteiger charge is -2.62. The van der Waals surface area contributed by atoms with Gasteiger partial charge in [0.1, 0.15) is 12.4 Å². The van der Waals surface area contributed by atoms with Gasteiger partial charge in [-0.2, -0.15) is 0 Å². The average molecular weight is 420 g/mol. The highest BCUT2D eigenvalue weighted by Crippen LogP contribution is 2.62. The number of carbonyl (C=O) groups excluding carboxylic acids is 1. The molecule has 4 aliphatic rings.